The molecule has 0 bridgehead atoms. The molecular formula is C9H13NO4S. The van der Waals surface area contributed by atoms with E-state index in [9.17, 15) is 13.5 Å². The van der Waals surface area contributed by atoms with Gasteiger partial charge in [0.2, 0.25) is 0 Å². The summed E-state index contributed by atoms with van der Waals surface area (Å²) >= 11 is 0. The number of nitrogens with two attached hydrogens (primary N) is 1. The quantitative estimate of drug-likeness (QED) is 0.504. The fourth-order valence-corrected chi connectivity index (χ4v) is 2.33. The van der Waals surface area contributed by atoms with E-state index in [0.29, 0.717) is 5.56 Å². The van der Waals surface area contributed by atoms with Crippen LogP contribution in [0, 0.1) is 6.92 Å². The maximum atomic E-state index is 11.6. The number of anilines is 1. The molecule has 0 amide bonds. The maximum absolute atomic E-state index is 11.6. The summed E-state index contributed by atoms with van der Waals surface area (Å²) < 4.78 is 23.1. The predicted octanol–water partition coefficient (Wildman–Crippen LogP) is 0.0488. The highest BCUT2D eigenvalue weighted by Gasteiger charge is 2.16. The number of aryl methyl sites for hydroxylation is 1. The highest BCUT2D eigenvalue weighted by molar-refractivity contribution is 7.91. The Balaban J connectivity index is 3.29. The molecular weight excluding hydrogens is 218 g/mol. The van der Waals surface area contributed by atoms with Crippen molar-refractivity contribution in [3.63, 3.8) is 0 Å². The third-order valence-corrected chi connectivity index (χ3v) is 3.70. The van der Waals surface area contributed by atoms with Gasteiger partial charge >= 0.3 is 0 Å². The monoisotopic (exact) mass is 231 g/mol. The number of sulfone groups is 1. The van der Waals surface area contributed by atoms with Gasteiger partial charge in [-0.25, -0.2) is 8.42 Å². The summed E-state index contributed by atoms with van der Waals surface area (Å²) in [6.45, 7) is 1.12. The summed E-state index contributed by atoms with van der Waals surface area (Å²) in [4.78, 5) is 0.0179. The van der Waals surface area contributed by atoms with E-state index in [1.54, 1.807) is 6.92 Å². The molecule has 15 heavy (non-hydrogen) atoms. The molecule has 0 saturated heterocycles. The van der Waals surface area contributed by atoms with E-state index in [-0.39, 0.29) is 22.1 Å². The average Bonchev–Trinajstić information content (AvgIpc) is 2.13. The van der Waals surface area contributed by atoms with E-state index < -0.39 is 16.4 Å². The summed E-state index contributed by atoms with van der Waals surface area (Å²) in [7, 11) is -3.51. The SMILES string of the molecule is Cc1cc(S(=O)(=O)CCO)cc(N)c1O. The number of nitrogen functional groups attached to an aromatic ring is 1. The largest absolute Gasteiger partial charge is 0.506 e. The zero-order valence-corrected chi connectivity index (χ0v) is 9.08. The summed E-state index contributed by atoms with van der Waals surface area (Å²) in [6, 6.07) is 2.52. The Hall–Kier alpha value is -1.27. The Labute approximate surface area is 88.1 Å². The van der Waals surface area contributed by atoms with Crippen LogP contribution < -0.4 is 5.73 Å². The average molecular weight is 231 g/mol. The molecule has 0 aliphatic carbocycles. The molecule has 1 rings (SSSR count). The molecule has 0 radical (unpaired) electrons. The summed E-state index contributed by atoms with van der Waals surface area (Å²) in [5.74, 6) is -0.464. The van der Waals surface area contributed by atoms with Crippen LogP contribution in [-0.4, -0.2) is 31.0 Å². The number of rotatable bonds is 3. The first-order chi connectivity index (χ1) is 6.88. The van der Waals surface area contributed by atoms with Crippen LogP contribution in [-0.2, 0) is 9.84 Å². The van der Waals surface area contributed by atoms with Crippen molar-refractivity contribution in [3.05, 3.63) is 17.7 Å². The minimum atomic E-state index is -3.51. The second kappa shape index (κ2) is 4.08. The van der Waals surface area contributed by atoms with E-state index in [0.717, 1.165) is 0 Å². The van der Waals surface area contributed by atoms with Crippen molar-refractivity contribution in [2.45, 2.75) is 11.8 Å². The van der Waals surface area contributed by atoms with Crippen molar-refractivity contribution in [3.8, 4) is 5.75 Å². The van der Waals surface area contributed by atoms with E-state index in [4.69, 9.17) is 10.8 Å². The van der Waals surface area contributed by atoms with Crippen LogP contribution in [0.2, 0.25) is 0 Å². The number of hydrogen-bond donors (Lipinski definition) is 3. The second-order valence-electron chi connectivity index (χ2n) is 3.22. The first-order valence-corrected chi connectivity index (χ1v) is 5.96. The lowest BCUT2D eigenvalue weighted by molar-refractivity contribution is 0.319. The van der Waals surface area contributed by atoms with Crippen molar-refractivity contribution in [1.82, 2.24) is 0 Å². The molecule has 1 aromatic rings. The van der Waals surface area contributed by atoms with Crippen molar-refractivity contribution in [1.29, 1.82) is 0 Å². The number of hydrogen-bond acceptors (Lipinski definition) is 5. The summed E-state index contributed by atoms with van der Waals surface area (Å²) in [5.41, 5.74) is 5.85. The molecule has 0 aliphatic heterocycles. The number of phenolic OH excluding ortho intramolecular Hbond substituents is 1. The molecule has 4 N–H and O–H groups in total. The number of phenols is 1. The lowest BCUT2D eigenvalue weighted by Crippen LogP contribution is -2.10. The van der Waals surface area contributed by atoms with E-state index >= 15 is 0 Å². The van der Waals surface area contributed by atoms with Gasteiger partial charge in [-0.15, -0.1) is 0 Å². The first kappa shape index (κ1) is 11.8. The number of aliphatic hydroxyl groups excluding tert-OH is 1. The fourth-order valence-electron chi connectivity index (χ4n) is 1.19. The van der Waals surface area contributed by atoms with Crippen molar-refractivity contribution >= 4 is 15.5 Å². The van der Waals surface area contributed by atoms with Gasteiger partial charge in [0.15, 0.2) is 9.84 Å². The van der Waals surface area contributed by atoms with Crippen LogP contribution in [0.3, 0.4) is 0 Å². The first-order valence-electron chi connectivity index (χ1n) is 4.31. The molecule has 0 spiro atoms. The molecule has 6 heteroatoms. The van der Waals surface area contributed by atoms with Gasteiger partial charge in [-0.3, -0.25) is 0 Å². The Morgan fingerprint density at radius 1 is 1.40 bits per heavy atom. The molecule has 0 atom stereocenters. The van der Waals surface area contributed by atoms with Gasteiger partial charge in [0.1, 0.15) is 5.75 Å². The standard InChI is InChI=1S/C9H13NO4S/c1-6-4-7(5-8(10)9(6)12)15(13,14)3-2-11/h4-5,11-12H,2-3,10H2,1H3. The van der Waals surface area contributed by atoms with Crippen molar-refractivity contribution in [2.75, 3.05) is 18.1 Å². The second-order valence-corrected chi connectivity index (χ2v) is 5.33. The number of aromatic hydroxyl groups is 1. The Morgan fingerprint density at radius 3 is 2.47 bits per heavy atom. The molecule has 5 nitrogen and oxygen atoms in total. The van der Waals surface area contributed by atoms with Gasteiger partial charge in [-0.05, 0) is 24.6 Å². The van der Waals surface area contributed by atoms with Crippen LogP contribution in [0.1, 0.15) is 5.56 Å². The molecule has 84 valence electrons. The van der Waals surface area contributed by atoms with Gasteiger partial charge < -0.3 is 15.9 Å². The van der Waals surface area contributed by atoms with Crippen LogP contribution in [0.15, 0.2) is 17.0 Å². The molecule has 0 saturated carbocycles. The topological polar surface area (TPSA) is 101 Å². The predicted molar refractivity (Wildman–Crippen MR) is 56.4 cm³/mol. The highest BCUT2D eigenvalue weighted by Crippen LogP contribution is 2.28. The minimum absolute atomic E-state index is 0.0179. The Bertz CT molecular complexity index is 444. The molecule has 0 aromatic heterocycles. The van der Waals surface area contributed by atoms with Gasteiger partial charge in [0.05, 0.1) is 22.9 Å². The van der Waals surface area contributed by atoms with Crippen LogP contribution in [0.4, 0.5) is 5.69 Å². The zero-order chi connectivity index (χ0) is 11.6. The van der Waals surface area contributed by atoms with Gasteiger partial charge in [-0.2, -0.15) is 0 Å². The third kappa shape index (κ3) is 2.40. The van der Waals surface area contributed by atoms with E-state index in [1.807, 2.05) is 0 Å². The van der Waals surface area contributed by atoms with Crippen molar-refractivity contribution < 1.29 is 18.6 Å². The number of aliphatic hydroxyl groups is 1. The summed E-state index contributed by atoms with van der Waals surface area (Å²) in [5, 5.41) is 18.0. The Kier molecular flexibility index (Phi) is 3.21. The van der Waals surface area contributed by atoms with Crippen LogP contribution >= 0.6 is 0 Å². The lowest BCUT2D eigenvalue weighted by atomic mass is 10.2. The molecule has 0 unspecified atom stereocenters. The summed E-state index contributed by atoms with van der Waals surface area (Å²) in [6.07, 6.45) is 0. The third-order valence-electron chi connectivity index (χ3n) is 2.02. The zero-order valence-electron chi connectivity index (χ0n) is 8.27. The molecule has 0 heterocycles. The normalized spacial score (nSPS) is 11.6. The Morgan fingerprint density at radius 2 is 2.00 bits per heavy atom. The van der Waals surface area contributed by atoms with Gasteiger partial charge in [0.25, 0.3) is 0 Å². The van der Waals surface area contributed by atoms with Crippen molar-refractivity contribution in [2.24, 2.45) is 0 Å². The molecule has 0 fully saturated rings. The fraction of sp³-hybridized carbons (Fsp3) is 0.333. The molecule has 0 aliphatic rings. The van der Waals surface area contributed by atoms with Gasteiger partial charge in [-0.1, -0.05) is 0 Å². The van der Waals surface area contributed by atoms with E-state index in [2.05, 4.69) is 0 Å². The van der Waals surface area contributed by atoms with Gasteiger partial charge in [0, 0.05) is 0 Å². The van der Waals surface area contributed by atoms with Crippen LogP contribution in [0.5, 0.6) is 5.75 Å². The van der Waals surface area contributed by atoms with E-state index in [1.165, 1.54) is 12.1 Å². The minimum Gasteiger partial charge on any atom is -0.506 e. The van der Waals surface area contributed by atoms with Crippen LogP contribution in [0.25, 0.3) is 0 Å². The number of benzene rings is 1. The lowest BCUT2D eigenvalue weighted by Gasteiger charge is -2.07. The molecule has 1 aromatic carbocycles. The smallest absolute Gasteiger partial charge is 0.180 e. The highest BCUT2D eigenvalue weighted by atomic mass is 32.2. The maximum Gasteiger partial charge on any atom is 0.180 e.